The van der Waals surface area contributed by atoms with Gasteiger partial charge in [0.2, 0.25) is 0 Å². The molecule has 0 saturated carbocycles. The molecule has 0 fully saturated rings. The molecule has 101 heavy (non-hydrogen) atoms. The van der Waals surface area contributed by atoms with Gasteiger partial charge >= 0.3 is 39.5 Å². The molecule has 5 atom stereocenters. The Bertz CT molecular complexity index is 1940. The van der Waals surface area contributed by atoms with Crippen molar-refractivity contribution in [2.75, 3.05) is 39.6 Å². The molecule has 0 rings (SSSR count). The summed E-state index contributed by atoms with van der Waals surface area (Å²) in [6.45, 7) is 9.61. The van der Waals surface area contributed by atoms with E-state index in [4.69, 9.17) is 37.0 Å². The van der Waals surface area contributed by atoms with E-state index in [9.17, 15) is 43.2 Å². The lowest BCUT2D eigenvalue weighted by atomic mass is 10.0. The summed E-state index contributed by atoms with van der Waals surface area (Å²) in [6.07, 6.45) is 64.3. The lowest BCUT2D eigenvalue weighted by molar-refractivity contribution is -0.161. The molecule has 0 heterocycles. The van der Waals surface area contributed by atoms with Crippen LogP contribution in [0.5, 0.6) is 0 Å². The number of hydrogen-bond donors (Lipinski definition) is 3. The topological polar surface area (TPSA) is 237 Å². The maximum Gasteiger partial charge on any atom is 0.472 e. The van der Waals surface area contributed by atoms with Gasteiger partial charge in [-0.25, -0.2) is 9.13 Å². The van der Waals surface area contributed by atoms with Crippen LogP contribution in [0.2, 0.25) is 0 Å². The molecule has 0 aromatic heterocycles. The quantitative estimate of drug-likeness (QED) is 0.0222. The van der Waals surface area contributed by atoms with Crippen LogP contribution in [0.25, 0.3) is 0 Å². The normalized spacial score (nSPS) is 13.9. The van der Waals surface area contributed by atoms with E-state index in [0.29, 0.717) is 25.7 Å². The molecule has 0 aliphatic heterocycles. The molecular weight excluding hydrogens is 1320 g/mol. The molecule has 0 saturated heterocycles. The standard InChI is InChI=1S/C82H160O17P2/c1-7-9-11-13-14-15-16-17-18-19-20-21-22-27-33-38-43-48-54-61-67-82(87)99-78(71-93-80(85)65-59-53-47-42-37-32-28-23-25-30-35-40-45-51-56-62-74(3)4)73-97-101(90,91)95-69-76(83)68-94-100(88,89)96-72-77(70-92-79(84)64-58-50-12-10-8-2)98-81(86)66-60-55-49-44-39-34-29-24-26-31-36-41-46-52-57-63-75(5)6/h74-78,83H,7-73H2,1-6H3,(H,88,89)(H,90,91)/t76-,77+,78+/m0/s1. The Morgan fingerprint density at radius 2 is 0.455 bits per heavy atom. The van der Waals surface area contributed by atoms with Crippen molar-refractivity contribution in [3.8, 4) is 0 Å². The minimum Gasteiger partial charge on any atom is -0.462 e. The van der Waals surface area contributed by atoms with E-state index in [1.807, 2.05) is 0 Å². The van der Waals surface area contributed by atoms with Crippen molar-refractivity contribution < 1.29 is 80.2 Å². The molecule has 0 radical (unpaired) electrons. The number of ether oxygens (including phenoxy) is 4. The average molecular weight is 1480 g/mol. The Morgan fingerprint density at radius 1 is 0.267 bits per heavy atom. The van der Waals surface area contributed by atoms with Crippen molar-refractivity contribution in [3.05, 3.63) is 0 Å². The first-order valence-corrected chi connectivity index (χ1v) is 45.5. The fraction of sp³-hybridized carbons (Fsp3) is 0.951. The van der Waals surface area contributed by atoms with Gasteiger partial charge in [-0.2, -0.15) is 0 Å². The van der Waals surface area contributed by atoms with Crippen LogP contribution in [0.1, 0.15) is 433 Å². The third-order valence-corrected chi connectivity index (χ3v) is 21.1. The van der Waals surface area contributed by atoms with Crippen molar-refractivity contribution in [2.24, 2.45) is 11.8 Å². The molecule has 17 nitrogen and oxygen atoms in total. The highest BCUT2D eigenvalue weighted by Gasteiger charge is 2.30. The van der Waals surface area contributed by atoms with E-state index in [1.165, 1.54) is 244 Å². The lowest BCUT2D eigenvalue weighted by Crippen LogP contribution is -2.30. The van der Waals surface area contributed by atoms with Crippen molar-refractivity contribution in [3.63, 3.8) is 0 Å². The first-order chi connectivity index (χ1) is 48.9. The van der Waals surface area contributed by atoms with Gasteiger partial charge in [0, 0.05) is 25.7 Å². The average Bonchev–Trinajstić information content (AvgIpc) is 0.940. The number of carbonyl (C=O) groups excluding carboxylic acids is 4. The van der Waals surface area contributed by atoms with Gasteiger partial charge in [-0.05, 0) is 37.5 Å². The summed E-state index contributed by atoms with van der Waals surface area (Å²) in [5.41, 5.74) is 0. The summed E-state index contributed by atoms with van der Waals surface area (Å²) in [5, 5.41) is 10.6. The second-order valence-corrected chi connectivity index (χ2v) is 33.4. The molecule has 0 aromatic rings. The zero-order valence-electron chi connectivity index (χ0n) is 66.2. The molecular formula is C82H160O17P2. The largest absolute Gasteiger partial charge is 0.472 e. The first kappa shape index (κ1) is 99.1. The number of aliphatic hydroxyl groups is 1. The molecule has 0 amide bonds. The molecule has 0 aromatic carbocycles. The van der Waals surface area contributed by atoms with Gasteiger partial charge in [-0.3, -0.25) is 37.3 Å². The second-order valence-electron chi connectivity index (χ2n) is 30.5. The fourth-order valence-electron chi connectivity index (χ4n) is 12.7. The number of phosphoric acid groups is 2. The van der Waals surface area contributed by atoms with Crippen molar-refractivity contribution in [1.29, 1.82) is 0 Å². The van der Waals surface area contributed by atoms with E-state index in [1.54, 1.807) is 0 Å². The summed E-state index contributed by atoms with van der Waals surface area (Å²) >= 11 is 0. The number of aliphatic hydroxyl groups excluding tert-OH is 1. The van der Waals surface area contributed by atoms with Gasteiger partial charge in [0.25, 0.3) is 0 Å². The maximum absolute atomic E-state index is 13.1. The Balaban J connectivity index is 5.11. The highest BCUT2D eigenvalue weighted by Crippen LogP contribution is 2.45. The van der Waals surface area contributed by atoms with E-state index >= 15 is 0 Å². The molecule has 0 aliphatic rings. The zero-order chi connectivity index (χ0) is 74.2. The molecule has 0 aliphatic carbocycles. The molecule has 600 valence electrons. The summed E-state index contributed by atoms with van der Waals surface area (Å²) in [7, 11) is -9.91. The van der Waals surface area contributed by atoms with Crippen molar-refractivity contribution >= 4 is 39.5 Å². The van der Waals surface area contributed by atoms with Gasteiger partial charge in [0.05, 0.1) is 26.4 Å². The number of unbranched alkanes of at least 4 members (excludes halogenated alkanes) is 51. The Morgan fingerprint density at radius 3 is 0.673 bits per heavy atom. The zero-order valence-corrected chi connectivity index (χ0v) is 68.0. The van der Waals surface area contributed by atoms with Gasteiger partial charge < -0.3 is 33.8 Å². The lowest BCUT2D eigenvalue weighted by Gasteiger charge is -2.21. The Kier molecular flexibility index (Phi) is 72.2. The molecule has 2 unspecified atom stereocenters. The smallest absolute Gasteiger partial charge is 0.462 e. The van der Waals surface area contributed by atoms with Crippen LogP contribution in [0, 0.1) is 11.8 Å². The molecule has 0 spiro atoms. The highest BCUT2D eigenvalue weighted by molar-refractivity contribution is 7.47. The molecule has 3 N–H and O–H groups in total. The monoisotopic (exact) mass is 1480 g/mol. The van der Waals surface area contributed by atoms with Crippen LogP contribution < -0.4 is 0 Å². The van der Waals surface area contributed by atoms with Gasteiger partial charge in [0.15, 0.2) is 12.2 Å². The number of rotatable bonds is 81. The highest BCUT2D eigenvalue weighted by atomic mass is 31.2. The summed E-state index contributed by atoms with van der Waals surface area (Å²) < 4.78 is 68.5. The van der Waals surface area contributed by atoms with Gasteiger partial charge in [-0.1, -0.05) is 382 Å². The predicted molar refractivity (Wildman–Crippen MR) is 414 cm³/mol. The predicted octanol–water partition coefficient (Wildman–Crippen LogP) is 24.7. The number of phosphoric ester groups is 2. The minimum absolute atomic E-state index is 0.107. The molecule has 0 bridgehead atoms. The van der Waals surface area contributed by atoms with Gasteiger partial charge in [-0.15, -0.1) is 0 Å². The third-order valence-electron chi connectivity index (χ3n) is 19.2. The third kappa shape index (κ3) is 76.1. The van der Waals surface area contributed by atoms with Crippen LogP contribution in [-0.2, 0) is 65.4 Å². The molecule has 19 heteroatoms. The van der Waals surface area contributed by atoms with Crippen LogP contribution in [0.15, 0.2) is 0 Å². The summed E-state index contributed by atoms with van der Waals surface area (Å²) in [5.74, 6) is -0.510. The van der Waals surface area contributed by atoms with Crippen LogP contribution in [-0.4, -0.2) is 96.7 Å². The Labute approximate surface area is 619 Å². The summed E-state index contributed by atoms with van der Waals surface area (Å²) in [6, 6.07) is 0. The van der Waals surface area contributed by atoms with Crippen LogP contribution >= 0.6 is 15.6 Å². The van der Waals surface area contributed by atoms with E-state index in [2.05, 4.69) is 41.5 Å². The fourth-order valence-corrected chi connectivity index (χ4v) is 14.3. The number of carbonyl (C=O) groups is 4. The Hall–Kier alpha value is -1.94. The van der Waals surface area contributed by atoms with Gasteiger partial charge in [0.1, 0.15) is 19.3 Å². The van der Waals surface area contributed by atoms with Crippen molar-refractivity contribution in [2.45, 2.75) is 452 Å². The van der Waals surface area contributed by atoms with Crippen LogP contribution in [0.4, 0.5) is 0 Å². The number of esters is 4. The first-order valence-electron chi connectivity index (χ1n) is 42.5. The van der Waals surface area contributed by atoms with E-state index in [0.717, 1.165) is 108 Å². The maximum atomic E-state index is 13.1. The second kappa shape index (κ2) is 73.6. The van der Waals surface area contributed by atoms with E-state index in [-0.39, 0.29) is 25.7 Å². The van der Waals surface area contributed by atoms with Crippen molar-refractivity contribution in [1.82, 2.24) is 0 Å². The van der Waals surface area contributed by atoms with E-state index < -0.39 is 97.5 Å². The summed E-state index contributed by atoms with van der Waals surface area (Å²) in [4.78, 5) is 72.8. The number of hydrogen-bond acceptors (Lipinski definition) is 15. The SMILES string of the molecule is CCCCCCCCCCCCCCCCCCCCCCC(=O)O[C@H](COC(=O)CCCCCCCCCCCCCCCCCC(C)C)COP(=O)(O)OC[C@@H](O)COP(=O)(O)OC[C@@H](COC(=O)CCCCCCC)OC(=O)CCCCCCCCCCCCCCCCCC(C)C. The minimum atomic E-state index is -4.96. The van der Waals surface area contributed by atoms with Crippen LogP contribution in [0.3, 0.4) is 0 Å².